The molecule has 2 aromatic rings. The zero-order valence-corrected chi connectivity index (χ0v) is 20.6. The molecule has 0 bridgehead atoms. The van der Waals surface area contributed by atoms with Crippen molar-refractivity contribution in [3.8, 4) is 6.07 Å². The van der Waals surface area contributed by atoms with Crippen LogP contribution in [0.15, 0.2) is 30.6 Å². The molecule has 2 aliphatic heterocycles. The molecule has 1 aromatic heterocycles. The Bertz CT molecular complexity index is 1100. The SMILES string of the molecule is C[Si](C)(C)OC1(C#N)CC2CN(c3ccc(N4C[C@H](Cn5ccnn5)OC4=O)cc3F)CC2C1. The van der Waals surface area contributed by atoms with Gasteiger partial charge in [-0.15, -0.1) is 5.10 Å². The standard InChI is InChI=1S/C23H29FN6O3Si/c1-34(2,3)33-23(15-25)9-16-11-28(12-17(16)10-23)21-5-4-18(8-20(21)24)30-14-19(32-22(30)31)13-29-7-6-26-27-29/h4-8,16-17,19H,9-14H2,1-3H3/t16?,17?,19-,23?/m0/s1. The molecule has 34 heavy (non-hydrogen) atoms. The number of nitrogens with zero attached hydrogens (tertiary/aromatic N) is 6. The number of fused-ring (bicyclic) bond motifs is 1. The highest BCUT2D eigenvalue weighted by Crippen LogP contribution is 2.48. The van der Waals surface area contributed by atoms with Gasteiger partial charge in [-0.05, 0) is 62.5 Å². The van der Waals surface area contributed by atoms with Gasteiger partial charge in [0.05, 0.1) is 36.7 Å². The van der Waals surface area contributed by atoms with Crippen molar-refractivity contribution in [1.29, 1.82) is 5.26 Å². The van der Waals surface area contributed by atoms with Crippen LogP contribution in [0.5, 0.6) is 0 Å². The molecule has 1 aliphatic carbocycles. The molecule has 1 saturated carbocycles. The lowest BCUT2D eigenvalue weighted by Gasteiger charge is -2.32. The fourth-order valence-corrected chi connectivity index (χ4v) is 6.98. The predicted molar refractivity (Wildman–Crippen MR) is 125 cm³/mol. The topological polar surface area (TPSA) is 96.5 Å². The van der Waals surface area contributed by atoms with E-state index in [-0.39, 0.29) is 11.9 Å². The largest absolute Gasteiger partial charge is 0.442 e. The summed E-state index contributed by atoms with van der Waals surface area (Å²) < 4.78 is 28.5. The molecule has 3 aliphatic rings. The van der Waals surface area contributed by atoms with E-state index in [2.05, 4.69) is 40.9 Å². The summed E-state index contributed by atoms with van der Waals surface area (Å²) in [5, 5.41) is 17.5. The van der Waals surface area contributed by atoms with E-state index in [0.29, 0.717) is 62.2 Å². The molecule has 0 radical (unpaired) electrons. The minimum absolute atomic E-state index is 0.307. The summed E-state index contributed by atoms with van der Waals surface area (Å²) in [5.74, 6) is 0.247. The van der Waals surface area contributed by atoms with Gasteiger partial charge in [0.25, 0.3) is 0 Å². The van der Waals surface area contributed by atoms with E-state index in [4.69, 9.17) is 9.16 Å². The number of ether oxygens (including phenoxy) is 1. The molecule has 1 amide bonds. The average molecular weight is 485 g/mol. The maximum absolute atomic E-state index is 15.2. The molecule has 0 spiro atoms. The van der Waals surface area contributed by atoms with Crippen molar-refractivity contribution in [2.75, 3.05) is 29.4 Å². The Morgan fingerprint density at radius 3 is 2.59 bits per heavy atom. The molecule has 3 heterocycles. The number of benzene rings is 1. The molecule has 3 fully saturated rings. The normalized spacial score (nSPS) is 28.8. The number of carbonyl (C=O) groups is 1. The molecule has 180 valence electrons. The van der Waals surface area contributed by atoms with Gasteiger partial charge in [0, 0.05) is 19.3 Å². The third-order valence-electron chi connectivity index (χ3n) is 6.79. The monoisotopic (exact) mass is 484 g/mol. The van der Waals surface area contributed by atoms with Crippen molar-refractivity contribution in [1.82, 2.24) is 15.0 Å². The highest BCUT2D eigenvalue weighted by atomic mass is 28.4. The maximum atomic E-state index is 15.2. The molecule has 3 atom stereocenters. The van der Waals surface area contributed by atoms with Crippen molar-refractivity contribution in [2.24, 2.45) is 11.8 Å². The van der Waals surface area contributed by atoms with Crippen LogP contribution in [0.3, 0.4) is 0 Å². The predicted octanol–water partition coefficient (Wildman–Crippen LogP) is 3.40. The second kappa shape index (κ2) is 8.36. The number of cyclic esters (lactones) is 1. The van der Waals surface area contributed by atoms with Crippen LogP contribution >= 0.6 is 0 Å². The first-order valence-electron chi connectivity index (χ1n) is 11.6. The van der Waals surface area contributed by atoms with Crippen molar-refractivity contribution < 1.29 is 18.3 Å². The van der Waals surface area contributed by atoms with Gasteiger partial charge in [0.1, 0.15) is 17.5 Å². The van der Waals surface area contributed by atoms with E-state index in [0.717, 1.165) is 0 Å². The van der Waals surface area contributed by atoms with E-state index < -0.39 is 20.0 Å². The minimum atomic E-state index is -1.85. The maximum Gasteiger partial charge on any atom is 0.414 e. The number of rotatable bonds is 6. The summed E-state index contributed by atoms with van der Waals surface area (Å²) in [6, 6.07) is 7.35. The van der Waals surface area contributed by atoms with Gasteiger partial charge in [-0.3, -0.25) is 4.90 Å². The second-order valence-electron chi connectivity index (χ2n) is 10.5. The number of amides is 1. The van der Waals surface area contributed by atoms with E-state index in [9.17, 15) is 10.1 Å². The summed E-state index contributed by atoms with van der Waals surface area (Å²) >= 11 is 0. The van der Waals surface area contributed by atoms with Crippen LogP contribution < -0.4 is 9.80 Å². The van der Waals surface area contributed by atoms with Crippen LogP contribution in [0.2, 0.25) is 19.6 Å². The van der Waals surface area contributed by atoms with Crippen molar-refractivity contribution in [3.05, 3.63) is 36.4 Å². The van der Waals surface area contributed by atoms with Crippen molar-refractivity contribution in [2.45, 2.75) is 50.7 Å². The summed E-state index contributed by atoms with van der Waals surface area (Å²) in [6.07, 6.45) is 3.78. The smallest absolute Gasteiger partial charge is 0.414 e. The lowest BCUT2D eigenvalue weighted by molar-refractivity contribution is 0.119. The lowest BCUT2D eigenvalue weighted by atomic mass is 10.0. The van der Waals surface area contributed by atoms with Crippen LogP contribution in [-0.2, 0) is 15.7 Å². The van der Waals surface area contributed by atoms with Gasteiger partial charge in [0.15, 0.2) is 8.32 Å². The van der Waals surface area contributed by atoms with Crippen LogP contribution in [0, 0.1) is 29.0 Å². The molecule has 1 aromatic carbocycles. The van der Waals surface area contributed by atoms with Gasteiger partial charge < -0.3 is 14.1 Å². The Morgan fingerprint density at radius 1 is 1.26 bits per heavy atom. The Labute approximate surface area is 199 Å². The van der Waals surface area contributed by atoms with Gasteiger partial charge in [-0.2, -0.15) is 5.26 Å². The molecular weight excluding hydrogens is 455 g/mol. The molecule has 9 nitrogen and oxygen atoms in total. The van der Waals surface area contributed by atoms with E-state index >= 15 is 4.39 Å². The van der Waals surface area contributed by atoms with Gasteiger partial charge in [-0.25, -0.2) is 13.9 Å². The molecule has 0 N–H and O–H groups in total. The number of carbonyl (C=O) groups excluding carboxylic acids is 1. The van der Waals surface area contributed by atoms with Crippen LogP contribution in [0.1, 0.15) is 12.8 Å². The summed E-state index contributed by atoms with van der Waals surface area (Å²) in [4.78, 5) is 15.9. The molecule has 5 rings (SSSR count). The fourth-order valence-electron chi connectivity index (χ4n) is 5.60. The van der Waals surface area contributed by atoms with E-state index in [1.165, 1.54) is 11.0 Å². The third-order valence-corrected chi connectivity index (χ3v) is 7.79. The van der Waals surface area contributed by atoms with Crippen LogP contribution in [-0.4, -0.2) is 60.7 Å². The Balaban J connectivity index is 1.24. The van der Waals surface area contributed by atoms with Crippen LogP contribution in [0.25, 0.3) is 0 Å². The number of anilines is 2. The lowest BCUT2D eigenvalue weighted by Crippen LogP contribution is -2.41. The fraction of sp³-hybridized carbons (Fsp3) is 0.565. The molecule has 2 saturated heterocycles. The van der Waals surface area contributed by atoms with Gasteiger partial charge in [0.2, 0.25) is 0 Å². The first kappa shape index (κ1) is 22.8. The summed E-state index contributed by atoms with van der Waals surface area (Å²) in [7, 11) is -1.85. The molecule has 2 unspecified atom stereocenters. The Kier molecular flexibility index (Phi) is 5.60. The molecule has 11 heteroatoms. The van der Waals surface area contributed by atoms with Crippen molar-refractivity contribution in [3.63, 3.8) is 0 Å². The van der Waals surface area contributed by atoms with E-state index in [1.807, 2.05) is 0 Å². The minimum Gasteiger partial charge on any atom is -0.442 e. The highest BCUT2D eigenvalue weighted by Gasteiger charge is 2.52. The van der Waals surface area contributed by atoms with E-state index in [1.54, 1.807) is 29.2 Å². The quantitative estimate of drug-likeness (QED) is 0.580. The number of aromatic nitrogens is 3. The summed E-state index contributed by atoms with van der Waals surface area (Å²) in [6.45, 7) is 8.43. The first-order valence-corrected chi connectivity index (χ1v) is 15.0. The van der Waals surface area contributed by atoms with Crippen LogP contribution in [0.4, 0.5) is 20.6 Å². The number of nitriles is 1. The highest BCUT2D eigenvalue weighted by molar-refractivity contribution is 6.69. The zero-order chi connectivity index (χ0) is 24.1. The first-order chi connectivity index (χ1) is 16.1. The second-order valence-corrected chi connectivity index (χ2v) is 15.0. The number of hydrogen-bond acceptors (Lipinski definition) is 7. The Hall–Kier alpha value is -2.97. The Morgan fingerprint density at radius 2 is 2.00 bits per heavy atom. The zero-order valence-electron chi connectivity index (χ0n) is 19.6. The van der Waals surface area contributed by atoms with Crippen molar-refractivity contribution >= 4 is 25.8 Å². The number of halogens is 1. The average Bonchev–Trinajstić information content (AvgIpc) is 3.52. The molecular formula is C23H29FN6O3Si. The van der Waals surface area contributed by atoms with Gasteiger partial charge in [-0.1, -0.05) is 5.21 Å². The van der Waals surface area contributed by atoms with Gasteiger partial charge >= 0.3 is 6.09 Å². The third kappa shape index (κ3) is 4.40. The summed E-state index contributed by atoms with van der Waals surface area (Å²) in [5.41, 5.74) is 0.296. The number of hydrogen-bond donors (Lipinski definition) is 0.